The number of rotatable bonds is 6. The molecule has 0 radical (unpaired) electrons. The first-order valence-corrected chi connectivity index (χ1v) is 7.08. The Morgan fingerprint density at radius 3 is 2.75 bits per heavy atom. The van der Waals surface area contributed by atoms with Crippen LogP contribution in [-0.4, -0.2) is 19.0 Å². The van der Waals surface area contributed by atoms with Gasteiger partial charge in [-0.15, -0.1) is 0 Å². The quantitative estimate of drug-likeness (QED) is 0.747. The Balaban J connectivity index is 2.11. The zero-order valence-electron chi connectivity index (χ0n) is 11.7. The Bertz CT molecular complexity index is 519. The number of carbonyl (C=O) groups is 1. The van der Waals surface area contributed by atoms with Crippen molar-refractivity contribution in [2.75, 3.05) is 13.2 Å². The molecule has 1 aromatic rings. The molecule has 2 rings (SSSR count). The molecular formula is C16H19NO3. The number of hydrogen-bond donors (Lipinski definition) is 0. The van der Waals surface area contributed by atoms with Crippen molar-refractivity contribution >= 4 is 5.78 Å². The Labute approximate surface area is 119 Å². The van der Waals surface area contributed by atoms with E-state index in [1.165, 1.54) is 0 Å². The van der Waals surface area contributed by atoms with E-state index in [0.29, 0.717) is 36.7 Å². The van der Waals surface area contributed by atoms with Crippen LogP contribution in [0, 0.1) is 11.3 Å². The summed E-state index contributed by atoms with van der Waals surface area (Å²) in [4.78, 5) is 12.1. The standard InChI is InChI=1S/C16H19NO3/c1-2-3-4-5-14(18)13(11-17)12-6-7-15-16(10-12)20-9-8-19-15/h6-7,10,13H,2-5,8-9H2,1H3. The first-order valence-electron chi connectivity index (χ1n) is 7.08. The Hall–Kier alpha value is -2.02. The van der Waals surface area contributed by atoms with Crippen LogP contribution in [0.5, 0.6) is 11.5 Å². The molecule has 0 amide bonds. The highest BCUT2D eigenvalue weighted by Gasteiger charge is 2.22. The predicted molar refractivity (Wildman–Crippen MR) is 74.9 cm³/mol. The predicted octanol–water partition coefficient (Wildman–Crippen LogP) is 3.21. The normalized spacial score (nSPS) is 14.4. The first-order chi connectivity index (χ1) is 9.76. The van der Waals surface area contributed by atoms with Crippen LogP contribution >= 0.6 is 0 Å². The molecule has 1 atom stereocenters. The van der Waals surface area contributed by atoms with Gasteiger partial charge in [-0.2, -0.15) is 5.26 Å². The van der Waals surface area contributed by atoms with E-state index in [9.17, 15) is 10.1 Å². The lowest BCUT2D eigenvalue weighted by atomic mass is 9.92. The summed E-state index contributed by atoms with van der Waals surface area (Å²) in [5.74, 6) is 0.575. The van der Waals surface area contributed by atoms with E-state index in [2.05, 4.69) is 13.0 Å². The highest BCUT2D eigenvalue weighted by molar-refractivity contribution is 5.88. The van der Waals surface area contributed by atoms with Gasteiger partial charge in [0.15, 0.2) is 17.3 Å². The summed E-state index contributed by atoms with van der Waals surface area (Å²) in [5, 5.41) is 9.27. The molecule has 0 aromatic heterocycles. The van der Waals surface area contributed by atoms with E-state index in [4.69, 9.17) is 9.47 Å². The number of Topliss-reactive ketones (excluding diaryl/α,β-unsaturated/α-hetero) is 1. The average Bonchev–Trinajstić information content (AvgIpc) is 2.48. The van der Waals surface area contributed by atoms with Crippen molar-refractivity contribution in [3.05, 3.63) is 23.8 Å². The van der Waals surface area contributed by atoms with Crippen LogP contribution < -0.4 is 9.47 Å². The van der Waals surface area contributed by atoms with Gasteiger partial charge in [-0.05, 0) is 24.1 Å². The molecule has 4 heteroatoms. The number of ketones is 1. The van der Waals surface area contributed by atoms with Crippen LogP contribution in [0.2, 0.25) is 0 Å². The summed E-state index contributed by atoms with van der Waals surface area (Å²) in [6.45, 7) is 3.12. The molecule has 1 unspecified atom stereocenters. The molecule has 0 bridgehead atoms. The van der Waals surface area contributed by atoms with Gasteiger partial charge in [0.1, 0.15) is 19.1 Å². The second-order valence-electron chi connectivity index (χ2n) is 4.89. The molecule has 0 spiro atoms. The Kier molecular flexibility index (Phi) is 5.00. The molecule has 4 nitrogen and oxygen atoms in total. The van der Waals surface area contributed by atoms with Gasteiger partial charge in [0.2, 0.25) is 0 Å². The zero-order chi connectivity index (χ0) is 14.4. The van der Waals surface area contributed by atoms with Gasteiger partial charge in [0.05, 0.1) is 6.07 Å². The Morgan fingerprint density at radius 2 is 2.05 bits per heavy atom. The lowest BCUT2D eigenvalue weighted by Crippen LogP contribution is -2.16. The van der Waals surface area contributed by atoms with Crippen molar-refractivity contribution in [3.8, 4) is 17.6 Å². The maximum absolute atomic E-state index is 12.1. The second kappa shape index (κ2) is 6.95. The topological polar surface area (TPSA) is 59.3 Å². The Morgan fingerprint density at radius 1 is 1.30 bits per heavy atom. The second-order valence-corrected chi connectivity index (χ2v) is 4.89. The van der Waals surface area contributed by atoms with Gasteiger partial charge in [-0.3, -0.25) is 4.79 Å². The lowest BCUT2D eigenvalue weighted by molar-refractivity contribution is -0.119. The van der Waals surface area contributed by atoms with E-state index >= 15 is 0 Å². The molecule has 0 N–H and O–H groups in total. The molecule has 0 saturated carbocycles. The van der Waals surface area contributed by atoms with Crippen LogP contribution in [0.1, 0.15) is 44.1 Å². The summed E-state index contributed by atoms with van der Waals surface area (Å²) >= 11 is 0. The fourth-order valence-electron chi connectivity index (χ4n) is 2.27. The van der Waals surface area contributed by atoms with Gasteiger partial charge < -0.3 is 9.47 Å². The van der Waals surface area contributed by atoms with Crippen molar-refractivity contribution < 1.29 is 14.3 Å². The van der Waals surface area contributed by atoms with Gasteiger partial charge in [-0.25, -0.2) is 0 Å². The molecule has 0 saturated heterocycles. The van der Waals surface area contributed by atoms with E-state index in [-0.39, 0.29) is 5.78 Å². The molecule has 1 aromatic carbocycles. The van der Waals surface area contributed by atoms with Gasteiger partial charge >= 0.3 is 0 Å². The number of fused-ring (bicyclic) bond motifs is 1. The molecule has 20 heavy (non-hydrogen) atoms. The van der Waals surface area contributed by atoms with E-state index < -0.39 is 5.92 Å². The van der Waals surface area contributed by atoms with Crippen molar-refractivity contribution in [1.29, 1.82) is 5.26 Å². The molecular weight excluding hydrogens is 254 g/mol. The smallest absolute Gasteiger partial charge is 0.161 e. The first kappa shape index (κ1) is 14.4. The minimum atomic E-state index is -0.706. The summed E-state index contributed by atoms with van der Waals surface area (Å²) < 4.78 is 10.9. The number of nitrogens with zero attached hydrogens (tertiary/aromatic N) is 1. The molecule has 1 aliphatic heterocycles. The van der Waals surface area contributed by atoms with Crippen molar-refractivity contribution in [2.45, 2.75) is 38.5 Å². The number of benzene rings is 1. The van der Waals surface area contributed by atoms with E-state index in [1.807, 2.05) is 0 Å². The van der Waals surface area contributed by atoms with Crippen LogP contribution in [0.3, 0.4) is 0 Å². The average molecular weight is 273 g/mol. The van der Waals surface area contributed by atoms with Gasteiger partial charge in [0.25, 0.3) is 0 Å². The lowest BCUT2D eigenvalue weighted by Gasteiger charge is -2.19. The van der Waals surface area contributed by atoms with Crippen molar-refractivity contribution in [1.82, 2.24) is 0 Å². The number of carbonyl (C=O) groups excluding carboxylic acids is 1. The number of unbranched alkanes of at least 4 members (excludes halogenated alkanes) is 2. The summed E-state index contributed by atoms with van der Waals surface area (Å²) in [5.41, 5.74) is 0.693. The van der Waals surface area contributed by atoms with Crippen molar-refractivity contribution in [2.24, 2.45) is 0 Å². The summed E-state index contributed by atoms with van der Waals surface area (Å²) in [6.07, 6.45) is 3.39. The minimum absolute atomic E-state index is 0.0161. The third-order valence-corrected chi connectivity index (χ3v) is 3.38. The van der Waals surface area contributed by atoms with Crippen molar-refractivity contribution in [3.63, 3.8) is 0 Å². The van der Waals surface area contributed by atoms with Crippen LogP contribution in [0.4, 0.5) is 0 Å². The highest BCUT2D eigenvalue weighted by atomic mass is 16.6. The zero-order valence-corrected chi connectivity index (χ0v) is 11.7. The van der Waals surface area contributed by atoms with Crippen LogP contribution in [0.25, 0.3) is 0 Å². The van der Waals surface area contributed by atoms with E-state index in [0.717, 1.165) is 19.3 Å². The fourth-order valence-corrected chi connectivity index (χ4v) is 2.27. The number of nitriles is 1. The minimum Gasteiger partial charge on any atom is -0.486 e. The highest BCUT2D eigenvalue weighted by Crippen LogP contribution is 2.33. The maximum Gasteiger partial charge on any atom is 0.161 e. The SMILES string of the molecule is CCCCCC(=O)C(C#N)c1ccc2c(c1)OCCO2. The largest absolute Gasteiger partial charge is 0.486 e. The maximum atomic E-state index is 12.1. The van der Waals surface area contributed by atoms with E-state index in [1.54, 1.807) is 18.2 Å². The fraction of sp³-hybridized carbons (Fsp3) is 0.500. The third-order valence-electron chi connectivity index (χ3n) is 3.38. The molecule has 0 fully saturated rings. The number of hydrogen-bond acceptors (Lipinski definition) is 4. The van der Waals surface area contributed by atoms with Gasteiger partial charge in [0, 0.05) is 6.42 Å². The molecule has 1 heterocycles. The summed E-state index contributed by atoms with van der Waals surface area (Å²) in [7, 11) is 0. The molecule has 1 aliphatic rings. The van der Waals surface area contributed by atoms with Gasteiger partial charge in [-0.1, -0.05) is 25.8 Å². The summed E-state index contributed by atoms with van der Waals surface area (Å²) in [6, 6.07) is 7.40. The van der Waals surface area contributed by atoms with Crippen LogP contribution in [0.15, 0.2) is 18.2 Å². The monoisotopic (exact) mass is 273 g/mol. The molecule has 0 aliphatic carbocycles. The molecule has 106 valence electrons. The van der Waals surface area contributed by atoms with Crippen LogP contribution in [-0.2, 0) is 4.79 Å². The third kappa shape index (κ3) is 3.30. The number of ether oxygens (including phenoxy) is 2.